The van der Waals surface area contributed by atoms with Crippen LogP contribution in [-0.2, 0) is 18.4 Å². The molecule has 8 nitrogen and oxygen atoms in total. The number of amides is 1. The van der Waals surface area contributed by atoms with Crippen LogP contribution < -0.4 is 5.32 Å². The minimum absolute atomic E-state index is 0.0464. The van der Waals surface area contributed by atoms with Crippen LogP contribution in [0.4, 0.5) is 0 Å². The van der Waals surface area contributed by atoms with E-state index in [9.17, 15) is 19.4 Å². The largest absolute Gasteiger partial charge is 0.472 e. The number of allylic oxidation sites excluding steroid dienone is 25. The van der Waals surface area contributed by atoms with Gasteiger partial charge in [0.05, 0.1) is 39.9 Å². The van der Waals surface area contributed by atoms with Crippen molar-refractivity contribution in [1.29, 1.82) is 0 Å². The van der Waals surface area contributed by atoms with E-state index < -0.39 is 20.0 Å². The van der Waals surface area contributed by atoms with Crippen LogP contribution in [0.25, 0.3) is 0 Å². The molecular formula is C84H146N2O6P+. The lowest BCUT2D eigenvalue weighted by Gasteiger charge is -2.25. The second-order valence-electron chi connectivity index (χ2n) is 26.6. The van der Waals surface area contributed by atoms with Gasteiger partial charge in [-0.2, -0.15) is 0 Å². The fraction of sp³-hybridized carbons (Fsp3) is 0.679. The van der Waals surface area contributed by atoms with Crippen LogP contribution >= 0.6 is 7.82 Å². The molecule has 0 aliphatic rings. The number of nitrogens with one attached hydrogen (secondary N) is 1. The highest BCUT2D eigenvalue weighted by Gasteiger charge is 2.28. The van der Waals surface area contributed by atoms with Gasteiger partial charge in [-0.3, -0.25) is 13.8 Å². The molecule has 532 valence electrons. The summed E-state index contributed by atoms with van der Waals surface area (Å²) < 4.78 is 23.8. The van der Waals surface area contributed by atoms with E-state index in [1.54, 1.807) is 6.08 Å². The quantitative estimate of drug-likeness (QED) is 0.0243. The van der Waals surface area contributed by atoms with Crippen LogP contribution in [-0.4, -0.2) is 73.4 Å². The summed E-state index contributed by atoms with van der Waals surface area (Å²) in [5.74, 6) is -0.201. The van der Waals surface area contributed by atoms with Crippen molar-refractivity contribution in [3.63, 3.8) is 0 Å². The molecule has 0 aromatic heterocycles. The Kier molecular flexibility index (Phi) is 69.4. The Balaban J connectivity index is 4.16. The fourth-order valence-corrected chi connectivity index (χ4v) is 11.3. The summed E-state index contributed by atoms with van der Waals surface area (Å²) in [7, 11) is 1.53. The molecule has 0 aromatic rings. The summed E-state index contributed by atoms with van der Waals surface area (Å²) in [6.45, 7) is 4.69. The second kappa shape index (κ2) is 72.4. The Morgan fingerprint density at radius 3 is 0.989 bits per heavy atom. The first-order chi connectivity index (χ1) is 45.5. The van der Waals surface area contributed by atoms with Gasteiger partial charge in [0.25, 0.3) is 0 Å². The summed E-state index contributed by atoms with van der Waals surface area (Å²) in [5, 5.41) is 14.0. The van der Waals surface area contributed by atoms with E-state index in [0.29, 0.717) is 17.4 Å². The van der Waals surface area contributed by atoms with Crippen LogP contribution in [0.1, 0.15) is 316 Å². The van der Waals surface area contributed by atoms with Crippen molar-refractivity contribution in [1.82, 2.24) is 5.32 Å². The smallest absolute Gasteiger partial charge is 0.387 e. The lowest BCUT2D eigenvalue weighted by molar-refractivity contribution is -0.870. The van der Waals surface area contributed by atoms with Gasteiger partial charge in [0.2, 0.25) is 5.91 Å². The van der Waals surface area contributed by atoms with Crippen LogP contribution in [0, 0.1) is 0 Å². The number of quaternary nitrogens is 1. The Morgan fingerprint density at radius 2 is 0.656 bits per heavy atom. The van der Waals surface area contributed by atoms with Crippen molar-refractivity contribution in [3.8, 4) is 0 Å². The minimum Gasteiger partial charge on any atom is -0.387 e. The Morgan fingerprint density at radius 1 is 0.376 bits per heavy atom. The molecule has 0 aliphatic heterocycles. The van der Waals surface area contributed by atoms with Gasteiger partial charge in [0.15, 0.2) is 0 Å². The van der Waals surface area contributed by atoms with Gasteiger partial charge in [-0.1, -0.05) is 352 Å². The molecule has 9 heteroatoms. The first-order valence-electron chi connectivity index (χ1n) is 38.4. The molecule has 93 heavy (non-hydrogen) atoms. The average Bonchev–Trinajstić information content (AvgIpc) is 2.75. The molecule has 3 N–H and O–H groups in total. The number of rotatable bonds is 69. The number of hydrogen-bond acceptors (Lipinski definition) is 5. The van der Waals surface area contributed by atoms with Crippen molar-refractivity contribution in [2.75, 3.05) is 40.9 Å². The number of unbranched alkanes of at least 4 members (excludes halogenated alkanes) is 32. The maximum Gasteiger partial charge on any atom is 0.472 e. The Labute approximate surface area is 575 Å². The van der Waals surface area contributed by atoms with E-state index in [4.69, 9.17) is 9.05 Å². The number of likely N-dealkylation sites (N-methyl/N-ethyl adjacent to an activating group) is 1. The molecule has 0 aliphatic carbocycles. The van der Waals surface area contributed by atoms with Gasteiger partial charge in [-0.15, -0.1) is 0 Å². The summed E-state index contributed by atoms with van der Waals surface area (Å²) in [6.07, 6.45) is 113. The lowest BCUT2D eigenvalue weighted by Crippen LogP contribution is -2.45. The van der Waals surface area contributed by atoms with Crippen molar-refractivity contribution < 1.29 is 32.9 Å². The highest BCUT2D eigenvalue weighted by molar-refractivity contribution is 7.47. The molecule has 0 saturated carbocycles. The van der Waals surface area contributed by atoms with Crippen molar-refractivity contribution in [3.05, 3.63) is 158 Å². The van der Waals surface area contributed by atoms with E-state index in [1.165, 1.54) is 173 Å². The molecule has 0 saturated heterocycles. The molecule has 0 radical (unpaired) electrons. The maximum atomic E-state index is 13.1. The highest BCUT2D eigenvalue weighted by atomic mass is 31.2. The lowest BCUT2D eigenvalue weighted by atomic mass is 10.0. The predicted octanol–water partition coefficient (Wildman–Crippen LogP) is 25.3. The number of aliphatic hydroxyl groups is 1. The zero-order valence-corrected chi connectivity index (χ0v) is 61.8. The molecule has 0 rings (SSSR count). The van der Waals surface area contributed by atoms with Crippen LogP contribution in [0.5, 0.6) is 0 Å². The molecule has 0 bridgehead atoms. The fourth-order valence-electron chi connectivity index (χ4n) is 10.6. The van der Waals surface area contributed by atoms with E-state index in [-0.39, 0.29) is 19.1 Å². The maximum absolute atomic E-state index is 13.1. The summed E-state index contributed by atoms with van der Waals surface area (Å²) in [6, 6.07) is -0.883. The van der Waals surface area contributed by atoms with E-state index in [1.807, 2.05) is 27.2 Å². The normalized spacial score (nSPS) is 14.4. The predicted molar refractivity (Wildman–Crippen MR) is 410 cm³/mol. The number of phosphoric acid groups is 1. The van der Waals surface area contributed by atoms with Crippen LogP contribution in [0.15, 0.2) is 158 Å². The monoisotopic (exact) mass is 1310 g/mol. The highest BCUT2D eigenvalue weighted by Crippen LogP contribution is 2.43. The number of hydrogen-bond donors (Lipinski definition) is 3. The SMILES string of the molecule is CC/C=C\C/C=C\C/C=C\C/C=C\C/C=C\C/C=C\C/C=C\C/C=C\C/C=C\C/C=C\C/C=C\CCCCCCCCCC(=O)NC(COP(=O)(O)OCC[N+](C)(C)C)C(O)/C=C/CC/C=C/CCCCCCCCCCCCCCCCCCCCCCCCCC. The van der Waals surface area contributed by atoms with Crippen molar-refractivity contribution in [2.24, 2.45) is 0 Å². The standard InChI is InChI=1S/C84H145N2O6P/c1-6-8-10-12-14-16-18-20-22-24-26-28-30-32-34-36-38-39-40-41-42-43-44-45-46-47-48-50-52-54-56-58-60-62-64-66-68-70-72-74-76-78-84(88)85-82(81-92-93(89,90)91-80-79-86(3,4)5)83(87)77-75-73-71-69-67-65-63-61-59-57-55-53-51-49-37-35-33-31-29-27-25-23-21-19-17-15-13-11-9-7-2/h8,10,14,16,20,22,26,28,32,34,38-39,41-42,44-45,47-48,52,54,58,60,67,69,75,77,82-83,87H,6-7,9,11-13,15,17-19,21,23-25,27,29-31,33,35-37,40,43,46,49-51,53,55-57,59,61-66,68,70-74,76,78-81H2,1-5H3,(H-,85,88,89,90)/p+1/b10-8-,16-14-,22-20-,28-26-,34-32-,39-38-,42-41-,45-44-,48-47-,54-52-,60-58-,69-67+,77-75+. The zero-order chi connectivity index (χ0) is 67.6. The van der Waals surface area contributed by atoms with Gasteiger partial charge < -0.3 is 19.8 Å². The number of carbonyl (C=O) groups is 1. The van der Waals surface area contributed by atoms with E-state index in [0.717, 1.165) is 122 Å². The molecule has 0 heterocycles. The minimum atomic E-state index is -4.38. The Bertz CT molecular complexity index is 2080. The first kappa shape index (κ1) is 89.1. The molecule has 0 spiro atoms. The third-order valence-corrected chi connectivity index (χ3v) is 17.5. The Hall–Kier alpha value is -3.88. The average molecular weight is 1310 g/mol. The van der Waals surface area contributed by atoms with Crippen LogP contribution in [0.2, 0.25) is 0 Å². The molecule has 0 aromatic carbocycles. The number of carbonyl (C=O) groups excluding carboxylic acids is 1. The number of nitrogens with zero attached hydrogens (tertiary/aromatic N) is 1. The van der Waals surface area contributed by atoms with Gasteiger partial charge >= 0.3 is 7.82 Å². The van der Waals surface area contributed by atoms with Crippen molar-refractivity contribution in [2.45, 2.75) is 328 Å². The van der Waals surface area contributed by atoms with Crippen LogP contribution in [0.3, 0.4) is 0 Å². The van der Waals surface area contributed by atoms with Gasteiger partial charge in [-0.05, 0) is 116 Å². The zero-order valence-electron chi connectivity index (χ0n) is 60.9. The summed E-state index contributed by atoms with van der Waals surface area (Å²) >= 11 is 0. The number of phosphoric ester groups is 1. The topological polar surface area (TPSA) is 105 Å². The molecular weight excluding hydrogens is 1160 g/mol. The van der Waals surface area contributed by atoms with Crippen molar-refractivity contribution >= 4 is 13.7 Å². The molecule has 3 atom stereocenters. The third kappa shape index (κ3) is 75.4. The van der Waals surface area contributed by atoms with E-state index >= 15 is 0 Å². The second-order valence-corrected chi connectivity index (χ2v) is 28.1. The summed E-state index contributed by atoms with van der Waals surface area (Å²) in [5.41, 5.74) is 0. The molecule has 1 amide bonds. The van der Waals surface area contributed by atoms with E-state index in [2.05, 4.69) is 165 Å². The summed E-state index contributed by atoms with van der Waals surface area (Å²) in [4.78, 5) is 23.5. The van der Waals surface area contributed by atoms with Gasteiger partial charge in [-0.25, -0.2) is 4.57 Å². The number of aliphatic hydroxyl groups excluding tert-OH is 1. The third-order valence-electron chi connectivity index (χ3n) is 16.5. The molecule has 0 fully saturated rings. The van der Waals surface area contributed by atoms with Gasteiger partial charge in [0.1, 0.15) is 13.2 Å². The first-order valence-corrected chi connectivity index (χ1v) is 39.9. The molecule has 3 unspecified atom stereocenters. The van der Waals surface area contributed by atoms with Gasteiger partial charge in [0, 0.05) is 6.42 Å².